The van der Waals surface area contributed by atoms with E-state index in [4.69, 9.17) is 10.9 Å². The number of carbonyl (C=O) groups is 1. The highest BCUT2D eigenvalue weighted by Crippen LogP contribution is 2.18. The highest BCUT2D eigenvalue weighted by atomic mass is 16.5. The van der Waals surface area contributed by atoms with E-state index >= 15 is 0 Å². The van der Waals surface area contributed by atoms with Gasteiger partial charge in [0.1, 0.15) is 0 Å². The molecule has 0 heterocycles. The molecule has 10 heavy (non-hydrogen) atoms. The lowest BCUT2D eigenvalue weighted by atomic mass is 9.87. The second-order valence-electron chi connectivity index (χ2n) is 2.56. The summed E-state index contributed by atoms with van der Waals surface area (Å²) in [5.41, 5.74) is 6.28. The molecule has 4 heteroatoms. The minimum Gasteiger partial charge on any atom is -0.329 e. The minimum atomic E-state index is -0.630. The molecule has 0 aromatic carbocycles. The molecule has 0 rings (SSSR count). The summed E-state index contributed by atoms with van der Waals surface area (Å²) in [4.78, 5) is 10.9. The van der Waals surface area contributed by atoms with Gasteiger partial charge in [-0.05, 0) is 13.3 Å². The van der Waals surface area contributed by atoms with E-state index in [2.05, 4.69) is 0 Å². The SMILES string of the molecule is CCC(C)(CN)C(=O)NO. The second-order valence-corrected chi connectivity index (χ2v) is 2.56. The van der Waals surface area contributed by atoms with Crippen molar-refractivity contribution in [2.45, 2.75) is 20.3 Å². The largest absolute Gasteiger partial charge is 0.329 e. The molecule has 4 N–H and O–H groups in total. The van der Waals surface area contributed by atoms with E-state index in [0.29, 0.717) is 6.42 Å². The van der Waals surface area contributed by atoms with E-state index in [1.54, 1.807) is 12.4 Å². The molecular weight excluding hydrogens is 132 g/mol. The average Bonchev–Trinajstić information content (AvgIpc) is 2.01. The minimum absolute atomic E-state index is 0.246. The topological polar surface area (TPSA) is 75.4 Å². The Morgan fingerprint density at radius 1 is 1.80 bits per heavy atom. The lowest BCUT2D eigenvalue weighted by molar-refractivity contribution is -0.138. The van der Waals surface area contributed by atoms with Crippen LogP contribution in [0, 0.1) is 5.41 Å². The van der Waals surface area contributed by atoms with Crippen molar-refractivity contribution in [3.05, 3.63) is 0 Å². The second kappa shape index (κ2) is 3.53. The first-order chi connectivity index (χ1) is 4.60. The van der Waals surface area contributed by atoms with Crippen molar-refractivity contribution in [3.8, 4) is 0 Å². The predicted octanol–water partition coefficient (Wildman–Crippen LogP) is -0.133. The number of hydrogen-bond acceptors (Lipinski definition) is 3. The molecule has 0 spiro atoms. The molecule has 1 unspecified atom stereocenters. The summed E-state index contributed by atoms with van der Waals surface area (Å²) >= 11 is 0. The van der Waals surface area contributed by atoms with Crippen LogP contribution in [0.15, 0.2) is 0 Å². The van der Waals surface area contributed by atoms with Crippen LogP contribution in [0.2, 0.25) is 0 Å². The maximum absolute atomic E-state index is 10.9. The van der Waals surface area contributed by atoms with Gasteiger partial charge in [-0.1, -0.05) is 6.92 Å². The third-order valence-corrected chi connectivity index (χ3v) is 1.88. The lowest BCUT2D eigenvalue weighted by Crippen LogP contribution is -2.42. The molecule has 0 aromatic heterocycles. The first-order valence-electron chi connectivity index (χ1n) is 3.25. The molecule has 0 radical (unpaired) electrons. The number of amides is 1. The Morgan fingerprint density at radius 2 is 2.30 bits per heavy atom. The molecule has 0 bridgehead atoms. The van der Waals surface area contributed by atoms with Gasteiger partial charge in [0.15, 0.2) is 0 Å². The maximum Gasteiger partial charge on any atom is 0.250 e. The number of carbonyl (C=O) groups excluding carboxylic acids is 1. The number of hydrogen-bond donors (Lipinski definition) is 3. The Kier molecular flexibility index (Phi) is 3.32. The normalized spacial score (nSPS) is 16.0. The van der Waals surface area contributed by atoms with Gasteiger partial charge < -0.3 is 5.73 Å². The summed E-state index contributed by atoms with van der Waals surface area (Å²) in [5, 5.41) is 8.28. The summed E-state index contributed by atoms with van der Waals surface area (Å²) in [6, 6.07) is 0. The van der Waals surface area contributed by atoms with Crippen LogP contribution in [-0.4, -0.2) is 17.7 Å². The zero-order valence-electron chi connectivity index (χ0n) is 6.35. The summed E-state index contributed by atoms with van der Waals surface area (Å²) in [6.45, 7) is 3.80. The fourth-order valence-corrected chi connectivity index (χ4v) is 0.533. The third kappa shape index (κ3) is 1.68. The van der Waals surface area contributed by atoms with Crippen LogP contribution in [0.25, 0.3) is 0 Å². The van der Waals surface area contributed by atoms with Crippen molar-refractivity contribution in [3.63, 3.8) is 0 Å². The van der Waals surface area contributed by atoms with Crippen LogP contribution < -0.4 is 11.2 Å². The van der Waals surface area contributed by atoms with Crippen LogP contribution in [0.5, 0.6) is 0 Å². The van der Waals surface area contributed by atoms with Crippen molar-refractivity contribution in [2.75, 3.05) is 6.54 Å². The predicted molar refractivity (Wildman–Crippen MR) is 37.4 cm³/mol. The van der Waals surface area contributed by atoms with Gasteiger partial charge in [0.25, 0.3) is 5.91 Å². The van der Waals surface area contributed by atoms with Crippen LogP contribution in [0.3, 0.4) is 0 Å². The van der Waals surface area contributed by atoms with Crippen LogP contribution in [0.4, 0.5) is 0 Å². The summed E-state index contributed by atoms with van der Waals surface area (Å²) in [7, 11) is 0. The van der Waals surface area contributed by atoms with Crippen molar-refractivity contribution in [1.29, 1.82) is 0 Å². The molecule has 0 aliphatic carbocycles. The van der Waals surface area contributed by atoms with Crippen LogP contribution >= 0.6 is 0 Å². The van der Waals surface area contributed by atoms with Gasteiger partial charge in [0, 0.05) is 6.54 Å². The summed E-state index contributed by atoms with van der Waals surface area (Å²) in [6.07, 6.45) is 0.621. The highest BCUT2D eigenvalue weighted by molar-refractivity contribution is 5.81. The van der Waals surface area contributed by atoms with Crippen molar-refractivity contribution >= 4 is 5.91 Å². The fourth-order valence-electron chi connectivity index (χ4n) is 0.533. The van der Waals surface area contributed by atoms with Crippen molar-refractivity contribution < 1.29 is 10.0 Å². The van der Waals surface area contributed by atoms with Crippen molar-refractivity contribution in [2.24, 2.45) is 11.1 Å². The molecule has 60 valence electrons. The number of nitrogens with one attached hydrogen (secondary N) is 1. The zero-order chi connectivity index (χ0) is 8.20. The molecule has 0 aliphatic heterocycles. The van der Waals surface area contributed by atoms with Gasteiger partial charge in [0.2, 0.25) is 0 Å². The van der Waals surface area contributed by atoms with E-state index in [9.17, 15) is 4.79 Å². The average molecular weight is 146 g/mol. The van der Waals surface area contributed by atoms with E-state index in [0.717, 1.165) is 0 Å². The molecule has 0 aromatic rings. The number of rotatable bonds is 3. The maximum atomic E-state index is 10.9. The van der Waals surface area contributed by atoms with Gasteiger partial charge in [-0.15, -0.1) is 0 Å². The molecule has 1 amide bonds. The van der Waals surface area contributed by atoms with E-state index in [1.807, 2.05) is 6.92 Å². The molecular formula is C6H14N2O2. The van der Waals surface area contributed by atoms with Gasteiger partial charge in [-0.3, -0.25) is 10.0 Å². The molecule has 0 saturated carbocycles. The smallest absolute Gasteiger partial charge is 0.250 e. The molecule has 4 nitrogen and oxygen atoms in total. The molecule has 0 aliphatic rings. The van der Waals surface area contributed by atoms with Crippen LogP contribution in [-0.2, 0) is 4.79 Å². The summed E-state index contributed by atoms with van der Waals surface area (Å²) in [5.74, 6) is -0.419. The van der Waals surface area contributed by atoms with E-state index in [-0.39, 0.29) is 6.54 Å². The molecule has 0 fully saturated rings. The Bertz CT molecular complexity index is 121. The van der Waals surface area contributed by atoms with Gasteiger partial charge in [-0.2, -0.15) is 0 Å². The quantitative estimate of drug-likeness (QED) is 0.383. The first kappa shape index (κ1) is 9.39. The highest BCUT2D eigenvalue weighted by Gasteiger charge is 2.28. The van der Waals surface area contributed by atoms with Gasteiger partial charge in [-0.25, -0.2) is 5.48 Å². The Hall–Kier alpha value is -0.610. The van der Waals surface area contributed by atoms with E-state index in [1.165, 1.54) is 0 Å². The van der Waals surface area contributed by atoms with Gasteiger partial charge >= 0.3 is 0 Å². The standard InChI is InChI=1S/C6H14N2O2/c1-3-6(2,4-7)5(9)8-10/h10H,3-4,7H2,1-2H3,(H,8,9). The zero-order valence-corrected chi connectivity index (χ0v) is 6.35. The Balaban J connectivity index is 4.17. The number of nitrogens with two attached hydrogens (primary N) is 1. The van der Waals surface area contributed by atoms with E-state index < -0.39 is 11.3 Å². The first-order valence-corrected chi connectivity index (χ1v) is 3.25. The fraction of sp³-hybridized carbons (Fsp3) is 0.833. The third-order valence-electron chi connectivity index (χ3n) is 1.88. The van der Waals surface area contributed by atoms with Crippen LogP contribution in [0.1, 0.15) is 20.3 Å². The number of hydroxylamine groups is 1. The summed E-state index contributed by atoms with van der Waals surface area (Å²) < 4.78 is 0. The molecule has 0 saturated heterocycles. The Labute approximate surface area is 60.4 Å². The lowest BCUT2D eigenvalue weighted by Gasteiger charge is -2.22. The van der Waals surface area contributed by atoms with Gasteiger partial charge in [0.05, 0.1) is 5.41 Å². The van der Waals surface area contributed by atoms with Crippen molar-refractivity contribution in [1.82, 2.24) is 5.48 Å². The Morgan fingerprint density at radius 3 is 2.40 bits per heavy atom. The monoisotopic (exact) mass is 146 g/mol. The molecule has 1 atom stereocenters.